The molecule has 3 heteroatoms. The van der Waals surface area contributed by atoms with Gasteiger partial charge in [0.15, 0.2) is 0 Å². The van der Waals surface area contributed by atoms with Crippen molar-refractivity contribution in [2.24, 2.45) is 11.8 Å². The van der Waals surface area contributed by atoms with E-state index in [4.69, 9.17) is 0 Å². The Morgan fingerprint density at radius 1 is 1.36 bits per heavy atom. The van der Waals surface area contributed by atoms with E-state index in [0.717, 1.165) is 11.8 Å². The molecule has 4 atom stereocenters. The van der Waals surface area contributed by atoms with Crippen LogP contribution in [0.2, 0.25) is 0 Å². The highest BCUT2D eigenvalue weighted by atomic mass is 16.2. The smallest absolute Gasteiger partial charge is 0.237 e. The third kappa shape index (κ3) is 1.78. The van der Waals surface area contributed by atoms with Crippen LogP contribution in [-0.4, -0.2) is 25.0 Å². The summed E-state index contributed by atoms with van der Waals surface area (Å²) in [6.07, 6.45) is 5.27. The van der Waals surface area contributed by atoms with Gasteiger partial charge in [-0.2, -0.15) is 0 Å². The van der Waals surface area contributed by atoms with Crippen LogP contribution in [0.15, 0.2) is 0 Å². The summed E-state index contributed by atoms with van der Waals surface area (Å²) >= 11 is 0. The van der Waals surface area contributed by atoms with Crippen LogP contribution in [0.5, 0.6) is 0 Å². The third-order valence-electron chi connectivity index (χ3n) is 3.89. The van der Waals surface area contributed by atoms with Crippen LogP contribution in [-0.2, 0) is 4.79 Å². The minimum absolute atomic E-state index is 0.0610. The summed E-state index contributed by atoms with van der Waals surface area (Å²) in [6, 6.07) is 0.408. The number of rotatable bonds is 3. The minimum atomic E-state index is -0.0610. The summed E-state index contributed by atoms with van der Waals surface area (Å²) in [6.45, 7) is 1.91. The molecule has 0 aromatic rings. The summed E-state index contributed by atoms with van der Waals surface area (Å²) in [5, 5.41) is 6.13. The van der Waals surface area contributed by atoms with E-state index in [1.54, 1.807) is 0 Å². The Kier molecular flexibility index (Phi) is 2.77. The van der Waals surface area contributed by atoms with Crippen LogP contribution in [0.3, 0.4) is 0 Å². The van der Waals surface area contributed by atoms with Gasteiger partial charge in [-0.3, -0.25) is 4.79 Å². The number of hydrogen-bond donors (Lipinski definition) is 2. The molecule has 2 aliphatic rings. The normalized spacial score (nSPS) is 37.1. The summed E-state index contributed by atoms with van der Waals surface area (Å²) in [5.41, 5.74) is 0. The number of carbonyl (C=O) groups excluding carboxylic acids is 1. The van der Waals surface area contributed by atoms with E-state index < -0.39 is 0 Å². The predicted molar refractivity (Wildman–Crippen MR) is 55.9 cm³/mol. The average molecular weight is 196 g/mol. The Labute approximate surface area is 85.6 Å². The van der Waals surface area contributed by atoms with E-state index in [1.807, 2.05) is 14.0 Å². The minimum Gasteiger partial charge on any atom is -0.352 e. The van der Waals surface area contributed by atoms with Gasteiger partial charge in [0.1, 0.15) is 0 Å². The molecule has 0 heterocycles. The fourth-order valence-electron chi connectivity index (χ4n) is 2.86. The van der Waals surface area contributed by atoms with E-state index in [0.29, 0.717) is 6.04 Å². The molecule has 0 spiro atoms. The molecule has 1 amide bonds. The molecule has 2 aliphatic carbocycles. The first-order chi connectivity index (χ1) is 6.70. The molecular formula is C11H20N2O. The zero-order chi connectivity index (χ0) is 10.1. The number of amides is 1. The van der Waals surface area contributed by atoms with E-state index in [9.17, 15) is 4.79 Å². The van der Waals surface area contributed by atoms with Crippen molar-refractivity contribution in [3.05, 3.63) is 0 Å². The molecule has 2 N–H and O–H groups in total. The molecule has 2 bridgehead atoms. The summed E-state index contributed by atoms with van der Waals surface area (Å²) in [7, 11) is 1.82. The third-order valence-corrected chi connectivity index (χ3v) is 3.89. The van der Waals surface area contributed by atoms with Gasteiger partial charge in [0.25, 0.3) is 0 Å². The maximum absolute atomic E-state index is 11.6. The molecule has 2 saturated carbocycles. The zero-order valence-electron chi connectivity index (χ0n) is 9.05. The highest BCUT2D eigenvalue weighted by molar-refractivity contribution is 5.81. The quantitative estimate of drug-likeness (QED) is 0.704. The topological polar surface area (TPSA) is 41.1 Å². The second-order valence-corrected chi connectivity index (χ2v) is 4.80. The van der Waals surface area contributed by atoms with Gasteiger partial charge in [0, 0.05) is 6.04 Å². The number of likely N-dealkylation sites (N-methyl/N-ethyl adjacent to an activating group) is 1. The van der Waals surface area contributed by atoms with Crippen molar-refractivity contribution in [1.29, 1.82) is 0 Å². The largest absolute Gasteiger partial charge is 0.352 e. The summed E-state index contributed by atoms with van der Waals surface area (Å²) in [5.74, 6) is 1.83. The number of hydrogen-bond acceptors (Lipinski definition) is 2. The van der Waals surface area contributed by atoms with Gasteiger partial charge in [0.05, 0.1) is 6.04 Å². The van der Waals surface area contributed by atoms with Crippen LogP contribution in [0.1, 0.15) is 32.6 Å². The van der Waals surface area contributed by atoms with E-state index >= 15 is 0 Å². The summed E-state index contributed by atoms with van der Waals surface area (Å²) in [4.78, 5) is 11.6. The van der Waals surface area contributed by atoms with Gasteiger partial charge in [-0.1, -0.05) is 6.42 Å². The second-order valence-electron chi connectivity index (χ2n) is 4.80. The average Bonchev–Trinajstić information content (AvgIpc) is 2.77. The lowest BCUT2D eigenvalue weighted by atomic mass is 9.95. The fraction of sp³-hybridized carbons (Fsp3) is 0.909. The monoisotopic (exact) mass is 196 g/mol. The van der Waals surface area contributed by atoms with Crippen molar-refractivity contribution >= 4 is 5.91 Å². The van der Waals surface area contributed by atoms with Crippen molar-refractivity contribution in [2.75, 3.05) is 7.05 Å². The molecular weight excluding hydrogens is 176 g/mol. The van der Waals surface area contributed by atoms with Gasteiger partial charge >= 0.3 is 0 Å². The van der Waals surface area contributed by atoms with Crippen LogP contribution >= 0.6 is 0 Å². The fourth-order valence-corrected chi connectivity index (χ4v) is 2.86. The van der Waals surface area contributed by atoms with Crippen molar-refractivity contribution in [3.8, 4) is 0 Å². The van der Waals surface area contributed by atoms with E-state index in [1.165, 1.54) is 25.7 Å². The summed E-state index contributed by atoms with van der Waals surface area (Å²) < 4.78 is 0. The van der Waals surface area contributed by atoms with Crippen molar-refractivity contribution in [2.45, 2.75) is 44.7 Å². The molecule has 0 aromatic heterocycles. The van der Waals surface area contributed by atoms with Crippen molar-refractivity contribution < 1.29 is 4.79 Å². The Hall–Kier alpha value is -0.570. The molecule has 3 nitrogen and oxygen atoms in total. The molecule has 2 fully saturated rings. The lowest BCUT2D eigenvalue weighted by Gasteiger charge is -2.24. The molecule has 80 valence electrons. The Morgan fingerprint density at radius 3 is 2.64 bits per heavy atom. The zero-order valence-corrected chi connectivity index (χ0v) is 9.05. The first-order valence-corrected chi connectivity index (χ1v) is 5.68. The van der Waals surface area contributed by atoms with Crippen molar-refractivity contribution in [3.63, 3.8) is 0 Å². The van der Waals surface area contributed by atoms with Crippen LogP contribution in [0, 0.1) is 11.8 Å². The molecule has 0 aliphatic heterocycles. The van der Waals surface area contributed by atoms with Gasteiger partial charge in [0.2, 0.25) is 5.91 Å². The molecule has 2 rings (SSSR count). The van der Waals surface area contributed by atoms with Gasteiger partial charge in [-0.05, 0) is 45.1 Å². The Morgan fingerprint density at radius 2 is 2.14 bits per heavy atom. The second kappa shape index (κ2) is 3.89. The highest BCUT2D eigenvalue weighted by Gasteiger charge is 2.40. The standard InChI is InChI=1S/C11H20N2O/c1-7(12-2)11(14)13-10-6-8-3-4-9(10)5-8/h7-10,12H,3-6H2,1-2H3,(H,13,14)/t7-,8?,9?,10?/m0/s1. The van der Waals surface area contributed by atoms with Gasteiger partial charge in [-0.15, -0.1) is 0 Å². The van der Waals surface area contributed by atoms with Crippen LogP contribution < -0.4 is 10.6 Å². The number of fused-ring (bicyclic) bond motifs is 2. The molecule has 3 unspecified atom stereocenters. The highest BCUT2D eigenvalue weighted by Crippen LogP contribution is 2.44. The molecule has 0 aromatic carbocycles. The number of nitrogens with one attached hydrogen (secondary N) is 2. The van der Waals surface area contributed by atoms with Crippen LogP contribution in [0.4, 0.5) is 0 Å². The molecule has 0 radical (unpaired) electrons. The van der Waals surface area contributed by atoms with Gasteiger partial charge in [-0.25, -0.2) is 0 Å². The Balaban J connectivity index is 1.84. The molecule has 0 saturated heterocycles. The maximum atomic E-state index is 11.6. The van der Waals surface area contributed by atoms with Crippen LogP contribution in [0.25, 0.3) is 0 Å². The maximum Gasteiger partial charge on any atom is 0.237 e. The van der Waals surface area contributed by atoms with E-state index in [2.05, 4.69) is 10.6 Å². The van der Waals surface area contributed by atoms with Crippen molar-refractivity contribution in [1.82, 2.24) is 10.6 Å². The first-order valence-electron chi connectivity index (χ1n) is 5.68. The Bertz CT molecular complexity index is 229. The lowest BCUT2D eigenvalue weighted by Crippen LogP contribution is -2.46. The molecule has 14 heavy (non-hydrogen) atoms. The lowest BCUT2D eigenvalue weighted by molar-refractivity contribution is -0.123. The van der Waals surface area contributed by atoms with E-state index in [-0.39, 0.29) is 11.9 Å². The van der Waals surface area contributed by atoms with Gasteiger partial charge < -0.3 is 10.6 Å². The predicted octanol–water partition coefficient (Wildman–Crippen LogP) is 0.899. The number of carbonyl (C=O) groups is 1. The first kappa shape index (κ1) is 9.97. The SMILES string of the molecule is CN[C@@H](C)C(=O)NC1CC2CCC1C2.